The summed E-state index contributed by atoms with van der Waals surface area (Å²) in [6, 6.07) is 9.78. The Hall–Kier alpha value is -2.81. The zero-order valence-electron chi connectivity index (χ0n) is 18.4. The van der Waals surface area contributed by atoms with E-state index in [9.17, 15) is 9.59 Å². The van der Waals surface area contributed by atoms with Gasteiger partial charge in [0.1, 0.15) is 17.5 Å². The summed E-state index contributed by atoms with van der Waals surface area (Å²) in [4.78, 5) is 28.2. The monoisotopic (exact) mass is 462 g/mol. The van der Waals surface area contributed by atoms with Crippen molar-refractivity contribution in [2.24, 2.45) is 0 Å². The number of carbonyl (C=O) groups excluding carboxylic acids is 2. The second-order valence-electron chi connectivity index (χ2n) is 7.21. The van der Waals surface area contributed by atoms with Crippen LogP contribution in [0.5, 0.6) is 11.5 Å². The van der Waals surface area contributed by atoms with Gasteiger partial charge in [0.05, 0.1) is 10.6 Å². The molecule has 1 aliphatic rings. The van der Waals surface area contributed by atoms with Crippen LogP contribution in [-0.4, -0.2) is 51.1 Å². The van der Waals surface area contributed by atoms with E-state index in [-0.39, 0.29) is 41.7 Å². The molecule has 1 heterocycles. The van der Waals surface area contributed by atoms with Crippen LogP contribution in [0.1, 0.15) is 40.9 Å². The maximum Gasteiger partial charge on any atom is 0.258 e. The highest BCUT2D eigenvalue weighted by Crippen LogP contribution is 2.39. The van der Waals surface area contributed by atoms with E-state index in [0.717, 1.165) is 17.5 Å². The van der Waals surface area contributed by atoms with E-state index in [1.54, 1.807) is 0 Å². The zero-order valence-corrected chi connectivity index (χ0v) is 19.1. The molecule has 1 atom stereocenters. The van der Waals surface area contributed by atoms with Gasteiger partial charge < -0.3 is 29.2 Å². The Morgan fingerprint density at radius 1 is 1.09 bits per heavy atom. The summed E-state index contributed by atoms with van der Waals surface area (Å²) < 4.78 is 21.0. The normalized spacial score (nSPS) is 14.8. The number of nitrogens with one attached hydrogen (secondary N) is 1. The number of hydrogen-bond donors (Lipinski definition) is 1. The Morgan fingerprint density at radius 2 is 1.78 bits per heavy atom. The second kappa shape index (κ2) is 11.2. The predicted molar refractivity (Wildman–Crippen MR) is 119 cm³/mol. The number of hydrogen-bond acceptors (Lipinski definition) is 6. The smallest absolute Gasteiger partial charge is 0.258 e. The highest BCUT2D eigenvalue weighted by molar-refractivity contribution is 6.32. The van der Waals surface area contributed by atoms with E-state index in [1.807, 2.05) is 31.2 Å². The van der Waals surface area contributed by atoms with Gasteiger partial charge in [0.15, 0.2) is 13.6 Å². The Labute approximate surface area is 192 Å². The lowest BCUT2D eigenvalue weighted by Gasteiger charge is -2.26. The molecular formula is C23H27ClN2O6. The van der Waals surface area contributed by atoms with Crippen LogP contribution in [0.15, 0.2) is 36.4 Å². The van der Waals surface area contributed by atoms with E-state index >= 15 is 0 Å². The van der Waals surface area contributed by atoms with Crippen molar-refractivity contribution < 1.29 is 28.5 Å². The van der Waals surface area contributed by atoms with E-state index in [4.69, 9.17) is 30.5 Å². The molecule has 0 bridgehead atoms. The molecule has 8 nitrogen and oxygen atoms in total. The summed E-state index contributed by atoms with van der Waals surface area (Å²) in [6.45, 7) is 2.70. The van der Waals surface area contributed by atoms with Gasteiger partial charge >= 0.3 is 0 Å². The number of amides is 2. The van der Waals surface area contributed by atoms with Crippen molar-refractivity contribution >= 4 is 23.4 Å². The molecule has 2 aromatic carbocycles. The molecule has 1 unspecified atom stereocenters. The summed E-state index contributed by atoms with van der Waals surface area (Å²) in [5, 5.41) is 3.12. The van der Waals surface area contributed by atoms with Crippen molar-refractivity contribution in [3.05, 3.63) is 58.1 Å². The van der Waals surface area contributed by atoms with Gasteiger partial charge in [0.2, 0.25) is 5.91 Å². The van der Waals surface area contributed by atoms with E-state index in [0.29, 0.717) is 18.8 Å². The molecule has 0 radical (unpaired) electrons. The van der Waals surface area contributed by atoms with Gasteiger partial charge in [-0.3, -0.25) is 9.59 Å². The number of carbonyl (C=O) groups is 2. The van der Waals surface area contributed by atoms with Gasteiger partial charge in [0.25, 0.3) is 5.91 Å². The minimum atomic E-state index is -0.747. The SMILES string of the molecule is CCCNC(=O)C1c2ccccc2CN1C(=O)c1cc(Cl)c(OCOC)cc1OCOC. The Bertz CT molecular complexity index is 967. The Balaban J connectivity index is 1.98. The van der Waals surface area contributed by atoms with Gasteiger partial charge in [-0.05, 0) is 23.6 Å². The van der Waals surface area contributed by atoms with Crippen molar-refractivity contribution in [3.8, 4) is 11.5 Å². The first-order chi connectivity index (χ1) is 15.5. The number of halogens is 1. The molecule has 3 rings (SSSR count). The molecule has 0 aliphatic carbocycles. The summed E-state index contributed by atoms with van der Waals surface area (Å²) in [7, 11) is 2.97. The molecule has 2 amide bonds. The molecule has 1 N–H and O–H groups in total. The largest absolute Gasteiger partial charge is 0.467 e. The van der Waals surface area contributed by atoms with Gasteiger partial charge in [-0.1, -0.05) is 42.8 Å². The average molecular weight is 463 g/mol. The van der Waals surface area contributed by atoms with Crippen LogP contribution in [0.3, 0.4) is 0 Å². The van der Waals surface area contributed by atoms with Gasteiger partial charge in [0, 0.05) is 33.4 Å². The standard InChI is InChI=1S/C23H27ClN2O6/c1-4-9-25-22(27)21-16-8-6-5-7-15(16)12-26(21)23(28)17-10-18(24)20(32-14-30-3)11-19(17)31-13-29-2/h5-8,10-11,21H,4,9,12-14H2,1-3H3,(H,25,27). The van der Waals surface area contributed by atoms with Crippen LogP contribution in [0, 0.1) is 0 Å². The molecule has 0 aromatic heterocycles. The number of rotatable bonds is 10. The van der Waals surface area contributed by atoms with Crippen LogP contribution >= 0.6 is 11.6 Å². The number of methoxy groups -OCH3 is 2. The van der Waals surface area contributed by atoms with Crippen LogP contribution in [0.2, 0.25) is 5.02 Å². The summed E-state index contributed by atoms with van der Waals surface area (Å²) >= 11 is 6.36. The lowest BCUT2D eigenvalue weighted by atomic mass is 10.0. The topological polar surface area (TPSA) is 86.3 Å². The first-order valence-corrected chi connectivity index (χ1v) is 10.6. The highest BCUT2D eigenvalue weighted by Gasteiger charge is 2.39. The molecule has 172 valence electrons. The minimum Gasteiger partial charge on any atom is -0.467 e. The quantitative estimate of drug-likeness (QED) is 0.543. The first kappa shape index (κ1) is 23.8. The van der Waals surface area contributed by atoms with E-state index in [2.05, 4.69) is 5.32 Å². The summed E-state index contributed by atoms with van der Waals surface area (Å²) in [5.74, 6) is -0.0751. The third-order valence-corrected chi connectivity index (χ3v) is 5.28. The third kappa shape index (κ3) is 5.15. The number of benzene rings is 2. The highest BCUT2D eigenvalue weighted by atomic mass is 35.5. The number of fused-ring (bicyclic) bond motifs is 1. The van der Waals surface area contributed by atoms with Gasteiger partial charge in [-0.15, -0.1) is 0 Å². The van der Waals surface area contributed by atoms with Gasteiger partial charge in [-0.25, -0.2) is 0 Å². The van der Waals surface area contributed by atoms with Crippen molar-refractivity contribution in [1.29, 1.82) is 0 Å². The van der Waals surface area contributed by atoms with Crippen LogP contribution in [0.25, 0.3) is 0 Å². The maximum absolute atomic E-state index is 13.7. The Morgan fingerprint density at radius 3 is 2.47 bits per heavy atom. The van der Waals surface area contributed by atoms with Crippen molar-refractivity contribution in [2.75, 3.05) is 34.4 Å². The van der Waals surface area contributed by atoms with E-state index < -0.39 is 6.04 Å². The molecule has 2 aromatic rings. The molecule has 32 heavy (non-hydrogen) atoms. The molecule has 0 saturated carbocycles. The summed E-state index contributed by atoms with van der Waals surface area (Å²) in [6.07, 6.45) is 0.793. The first-order valence-electron chi connectivity index (χ1n) is 10.2. The lowest BCUT2D eigenvalue weighted by molar-refractivity contribution is -0.125. The lowest BCUT2D eigenvalue weighted by Crippen LogP contribution is -2.40. The minimum absolute atomic E-state index is 0.0160. The molecule has 1 aliphatic heterocycles. The fourth-order valence-electron chi connectivity index (χ4n) is 3.54. The van der Waals surface area contributed by atoms with Crippen LogP contribution in [-0.2, 0) is 20.8 Å². The molecule has 0 spiro atoms. The third-order valence-electron chi connectivity index (χ3n) is 4.99. The predicted octanol–water partition coefficient (Wildman–Crippen LogP) is 3.53. The number of ether oxygens (including phenoxy) is 4. The van der Waals surface area contributed by atoms with Crippen LogP contribution < -0.4 is 14.8 Å². The van der Waals surface area contributed by atoms with E-state index in [1.165, 1.54) is 31.3 Å². The Kier molecular flexibility index (Phi) is 8.33. The molecular weight excluding hydrogens is 436 g/mol. The molecule has 9 heteroatoms. The fraction of sp³-hybridized carbons (Fsp3) is 0.391. The van der Waals surface area contributed by atoms with Crippen LogP contribution in [0.4, 0.5) is 0 Å². The van der Waals surface area contributed by atoms with Crippen molar-refractivity contribution in [1.82, 2.24) is 10.2 Å². The second-order valence-corrected chi connectivity index (χ2v) is 7.61. The number of nitrogens with zero attached hydrogens (tertiary/aromatic N) is 1. The van der Waals surface area contributed by atoms with Crippen molar-refractivity contribution in [2.45, 2.75) is 25.9 Å². The van der Waals surface area contributed by atoms with Crippen molar-refractivity contribution in [3.63, 3.8) is 0 Å². The zero-order chi connectivity index (χ0) is 23.1. The maximum atomic E-state index is 13.7. The average Bonchev–Trinajstić information content (AvgIpc) is 3.20. The molecule has 0 fully saturated rings. The van der Waals surface area contributed by atoms with Gasteiger partial charge in [-0.2, -0.15) is 0 Å². The fourth-order valence-corrected chi connectivity index (χ4v) is 3.75. The summed E-state index contributed by atoms with van der Waals surface area (Å²) in [5.41, 5.74) is 1.93. The molecule has 0 saturated heterocycles.